The van der Waals surface area contributed by atoms with Crippen molar-refractivity contribution < 1.29 is 9.59 Å². The fourth-order valence-corrected chi connectivity index (χ4v) is 3.83. The van der Waals surface area contributed by atoms with Crippen LogP contribution in [0, 0.1) is 18.8 Å². The number of nitrogens with zero attached hydrogens (tertiary/aromatic N) is 2. The van der Waals surface area contributed by atoms with E-state index in [4.69, 9.17) is 0 Å². The molecule has 1 saturated heterocycles. The maximum Gasteiger partial charge on any atom is 0.227 e. The van der Waals surface area contributed by atoms with Gasteiger partial charge in [0.05, 0.1) is 5.92 Å². The monoisotopic (exact) mass is 314 g/mol. The minimum absolute atomic E-state index is 0.0569. The second kappa shape index (κ2) is 6.73. The van der Waals surface area contributed by atoms with Crippen molar-refractivity contribution in [2.75, 3.05) is 25.0 Å². The third kappa shape index (κ3) is 3.57. The van der Waals surface area contributed by atoms with Gasteiger partial charge in [-0.2, -0.15) is 0 Å². The van der Waals surface area contributed by atoms with Gasteiger partial charge in [0.2, 0.25) is 11.8 Å². The van der Waals surface area contributed by atoms with Crippen molar-refractivity contribution in [2.45, 2.75) is 39.0 Å². The number of carbonyl (C=O) groups excluding carboxylic acids is 2. The molecule has 2 amide bonds. The third-order valence-corrected chi connectivity index (χ3v) is 5.20. The van der Waals surface area contributed by atoms with Crippen molar-refractivity contribution >= 4 is 17.5 Å². The Kier molecular flexibility index (Phi) is 4.69. The number of hydrogen-bond donors (Lipinski definition) is 0. The van der Waals surface area contributed by atoms with Crippen molar-refractivity contribution in [1.82, 2.24) is 4.90 Å². The summed E-state index contributed by atoms with van der Waals surface area (Å²) in [5.41, 5.74) is 2.07. The second-order valence-electron chi connectivity index (χ2n) is 7.11. The van der Waals surface area contributed by atoms with Crippen LogP contribution in [0.2, 0.25) is 0 Å². The lowest BCUT2D eigenvalue weighted by Gasteiger charge is -2.24. The summed E-state index contributed by atoms with van der Waals surface area (Å²) in [7, 11) is 1.89. The smallest absolute Gasteiger partial charge is 0.227 e. The van der Waals surface area contributed by atoms with Gasteiger partial charge in [-0.1, -0.05) is 30.5 Å². The first kappa shape index (κ1) is 16.0. The van der Waals surface area contributed by atoms with E-state index < -0.39 is 0 Å². The first-order valence-electron chi connectivity index (χ1n) is 8.66. The molecule has 4 nitrogen and oxygen atoms in total. The zero-order valence-corrected chi connectivity index (χ0v) is 14.1. The standard InChI is InChI=1S/C19H26N2O2/c1-14-7-9-17(10-8-14)21-13-16(11-18(21)22)19(23)20(2)12-15-5-3-4-6-15/h7-10,15-16H,3-6,11-13H2,1-2H3/t16-/m1/s1. The topological polar surface area (TPSA) is 40.6 Å². The summed E-state index contributed by atoms with van der Waals surface area (Å²) in [5, 5.41) is 0. The van der Waals surface area contributed by atoms with E-state index in [0.29, 0.717) is 18.9 Å². The normalized spacial score (nSPS) is 21.9. The number of carbonyl (C=O) groups is 2. The fourth-order valence-electron chi connectivity index (χ4n) is 3.83. The molecule has 0 bridgehead atoms. The van der Waals surface area contributed by atoms with Crippen molar-refractivity contribution in [2.24, 2.45) is 11.8 Å². The van der Waals surface area contributed by atoms with E-state index in [1.165, 1.54) is 31.2 Å². The van der Waals surface area contributed by atoms with Gasteiger partial charge in [0.15, 0.2) is 0 Å². The Morgan fingerprint density at radius 3 is 2.52 bits per heavy atom. The van der Waals surface area contributed by atoms with Crippen LogP contribution in [-0.4, -0.2) is 36.9 Å². The lowest BCUT2D eigenvalue weighted by molar-refractivity contribution is -0.135. The van der Waals surface area contributed by atoms with Crippen molar-refractivity contribution in [1.29, 1.82) is 0 Å². The molecule has 1 aromatic rings. The van der Waals surface area contributed by atoms with Crippen LogP contribution in [0.15, 0.2) is 24.3 Å². The summed E-state index contributed by atoms with van der Waals surface area (Å²) in [6.45, 7) is 3.38. The summed E-state index contributed by atoms with van der Waals surface area (Å²) in [6.07, 6.45) is 5.38. The van der Waals surface area contributed by atoms with Gasteiger partial charge in [-0.15, -0.1) is 0 Å². The summed E-state index contributed by atoms with van der Waals surface area (Å²) >= 11 is 0. The molecule has 3 rings (SSSR count). The average molecular weight is 314 g/mol. The third-order valence-electron chi connectivity index (χ3n) is 5.20. The molecular weight excluding hydrogens is 288 g/mol. The van der Waals surface area contributed by atoms with Crippen LogP contribution in [0.25, 0.3) is 0 Å². The largest absolute Gasteiger partial charge is 0.345 e. The van der Waals surface area contributed by atoms with Crippen LogP contribution in [0.5, 0.6) is 0 Å². The Labute approximate surface area is 138 Å². The molecule has 1 aromatic carbocycles. The number of benzene rings is 1. The highest BCUT2D eigenvalue weighted by Gasteiger charge is 2.36. The minimum Gasteiger partial charge on any atom is -0.345 e. The van der Waals surface area contributed by atoms with Gasteiger partial charge in [0.25, 0.3) is 0 Å². The molecule has 0 N–H and O–H groups in total. The molecule has 124 valence electrons. The van der Waals surface area contributed by atoms with E-state index in [1.807, 2.05) is 43.1 Å². The second-order valence-corrected chi connectivity index (χ2v) is 7.11. The lowest BCUT2D eigenvalue weighted by Crippen LogP contribution is -2.37. The highest BCUT2D eigenvalue weighted by atomic mass is 16.2. The van der Waals surface area contributed by atoms with Crippen molar-refractivity contribution in [3.8, 4) is 0 Å². The molecule has 2 fully saturated rings. The molecule has 1 heterocycles. The SMILES string of the molecule is Cc1ccc(N2C[C@H](C(=O)N(C)CC3CCCC3)CC2=O)cc1. The predicted molar refractivity (Wildman–Crippen MR) is 91.2 cm³/mol. The molecule has 4 heteroatoms. The molecule has 0 aromatic heterocycles. The van der Waals surface area contributed by atoms with Gasteiger partial charge in [0, 0.05) is 32.2 Å². The Morgan fingerprint density at radius 1 is 1.22 bits per heavy atom. The molecule has 1 saturated carbocycles. The zero-order valence-electron chi connectivity index (χ0n) is 14.1. The Morgan fingerprint density at radius 2 is 1.87 bits per heavy atom. The van der Waals surface area contributed by atoms with Gasteiger partial charge >= 0.3 is 0 Å². The minimum atomic E-state index is -0.199. The molecule has 2 aliphatic rings. The van der Waals surface area contributed by atoms with E-state index in [9.17, 15) is 9.59 Å². The summed E-state index contributed by atoms with van der Waals surface area (Å²) in [4.78, 5) is 28.6. The first-order valence-corrected chi connectivity index (χ1v) is 8.66. The van der Waals surface area contributed by atoms with Crippen molar-refractivity contribution in [3.05, 3.63) is 29.8 Å². The van der Waals surface area contributed by atoms with Crippen LogP contribution in [0.1, 0.15) is 37.7 Å². The van der Waals surface area contributed by atoms with E-state index in [1.54, 1.807) is 4.90 Å². The Hall–Kier alpha value is -1.84. The number of aryl methyl sites for hydroxylation is 1. The molecule has 0 unspecified atom stereocenters. The maximum absolute atomic E-state index is 12.7. The molecule has 1 aliphatic heterocycles. The van der Waals surface area contributed by atoms with Crippen LogP contribution < -0.4 is 4.90 Å². The van der Waals surface area contributed by atoms with E-state index >= 15 is 0 Å². The van der Waals surface area contributed by atoms with Gasteiger partial charge in [-0.3, -0.25) is 9.59 Å². The van der Waals surface area contributed by atoms with Crippen molar-refractivity contribution in [3.63, 3.8) is 0 Å². The van der Waals surface area contributed by atoms with Gasteiger partial charge in [-0.25, -0.2) is 0 Å². The fraction of sp³-hybridized carbons (Fsp3) is 0.579. The molecule has 0 spiro atoms. The summed E-state index contributed by atoms with van der Waals surface area (Å²) < 4.78 is 0. The Balaban J connectivity index is 1.61. The molecular formula is C19H26N2O2. The van der Waals surface area contributed by atoms with Crippen LogP contribution in [-0.2, 0) is 9.59 Å². The van der Waals surface area contributed by atoms with E-state index in [0.717, 1.165) is 12.2 Å². The molecule has 0 radical (unpaired) electrons. The Bertz CT molecular complexity index is 576. The molecule has 23 heavy (non-hydrogen) atoms. The van der Waals surface area contributed by atoms with E-state index in [2.05, 4.69) is 0 Å². The van der Waals surface area contributed by atoms with Gasteiger partial charge in [0.1, 0.15) is 0 Å². The number of anilines is 1. The van der Waals surface area contributed by atoms with Crippen LogP contribution in [0.4, 0.5) is 5.69 Å². The van der Waals surface area contributed by atoms with Crippen LogP contribution in [0.3, 0.4) is 0 Å². The predicted octanol–water partition coefficient (Wildman–Crippen LogP) is 3.00. The van der Waals surface area contributed by atoms with Gasteiger partial charge < -0.3 is 9.80 Å². The lowest BCUT2D eigenvalue weighted by atomic mass is 10.0. The quantitative estimate of drug-likeness (QED) is 0.857. The zero-order chi connectivity index (χ0) is 16.4. The number of amides is 2. The average Bonchev–Trinajstić information content (AvgIpc) is 3.17. The number of hydrogen-bond acceptors (Lipinski definition) is 2. The highest BCUT2D eigenvalue weighted by Crippen LogP contribution is 2.28. The maximum atomic E-state index is 12.7. The molecule has 1 aliphatic carbocycles. The highest BCUT2D eigenvalue weighted by molar-refractivity contribution is 6.00. The summed E-state index contributed by atoms with van der Waals surface area (Å²) in [6, 6.07) is 7.93. The van der Waals surface area contributed by atoms with Crippen LogP contribution >= 0.6 is 0 Å². The number of rotatable bonds is 4. The van der Waals surface area contributed by atoms with E-state index in [-0.39, 0.29) is 17.7 Å². The summed E-state index contributed by atoms with van der Waals surface area (Å²) in [5.74, 6) is 0.630. The van der Waals surface area contributed by atoms with Gasteiger partial charge in [-0.05, 0) is 37.8 Å². The molecule has 1 atom stereocenters. The first-order chi connectivity index (χ1) is 11.0.